The number of carbonyl (C=O) groups is 2. The molecule has 1 heterocycles. The number of rotatable bonds is 5. The Balaban J connectivity index is 2.38. The second-order valence-electron chi connectivity index (χ2n) is 4.64. The number of thioether (sulfide) groups is 1. The number of nitrogens with zero attached hydrogens (tertiary/aromatic N) is 1. The van der Waals surface area contributed by atoms with Gasteiger partial charge in [-0.25, -0.2) is 0 Å². The quantitative estimate of drug-likeness (QED) is 0.592. The van der Waals surface area contributed by atoms with Crippen molar-refractivity contribution in [3.8, 4) is 5.75 Å². The Morgan fingerprint density at radius 3 is 2.82 bits per heavy atom. The smallest absolute Gasteiger partial charge is 0.294 e. The SMILES string of the molecule is C=C[C@@H](C)N1C(=O)S/C(=C\c2cc(Cl)ccc2OCC)C1=O. The molecule has 4 nitrogen and oxygen atoms in total. The van der Waals surface area contributed by atoms with Crippen molar-refractivity contribution in [1.29, 1.82) is 0 Å². The van der Waals surface area contributed by atoms with Crippen LogP contribution in [0.2, 0.25) is 5.02 Å². The van der Waals surface area contributed by atoms with Crippen LogP contribution in [0.3, 0.4) is 0 Å². The maximum Gasteiger partial charge on any atom is 0.294 e. The van der Waals surface area contributed by atoms with Gasteiger partial charge in [-0.2, -0.15) is 0 Å². The molecule has 1 aliphatic rings. The van der Waals surface area contributed by atoms with E-state index in [0.29, 0.717) is 27.8 Å². The zero-order chi connectivity index (χ0) is 16.3. The van der Waals surface area contributed by atoms with E-state index in [1.807, 2.05) is 6.92 Å². The van der Waals surface area contributed by atoms with Gasteiger partial charge in [0.15, 0.2) is 0 Å². The van der Waals surface area contributed by atoms with Gasteiger partial charge < -0.3 is 4.74 Å². The molecule has 2 rings (SSSR count). The van der Waals surface area contributed by atoms with Gasteiger partial charge in [0.2, 0.25) is 0 Å². The minimum Gasteiger partial charge on any atom is -0.493 e. The Labute approximate surface area is 138 Å². The summed E-state index contributed by atoms with van der Waals surface area (Å²) in [6.07, 6.45) is 3.20. The van der Waals surface area contributed by atoms with Gasteiger partial charge in [-0.05, 0) is 49.9 Å². The lowest BCUT2D eigenvalue weighted by Crippen LogP contribution is -2.35. The van der Waals surface area contributed by atoms with Crippen LogP contribution in [0, 0.1) is 0 Å². The summed E-state index contributed by atoms with van der Waals surface area (Å²) in [6, 6.07) is 4.82. The highest BCUT2D eigenvalue weighted by atomic mass is 35.5. The predicted molar refractivity (Wildman–Crippen MR) is 90.1 cm³/mol. The summed E-state index contributed by atoms with van der Waals surface area (Å²) in [7, 11) is 0. The number of ether oxygens (including phenoxy) is 1. The Morgan fingerprint density at radius 2 is 2.18 bits per heavy atom. The zero-order valence-electron chi connectivity index (χ0n) is 12.3. The molecule has 0 aliphatic carbocycles. The normalized spacial score (nSPS) is 18.0. The molecule has 0 bridgehead atoms. The zero-order valence-corrected chi connectivity index (χ0v) is 13.9. The molecule has 0 N–H and O–H groups in total. The molecule has 2 amide bonds. The predicted octanol–water partition coefficient (Wildman–Crippen LogP) is 4.35. The van der Waals surface area contributed by atoms with Crippen LogP contribution in [0.5, 0.6) is 5.75 Å². The summed E-state index contributed by atoms with van der Waals surface area (Å²) >= 11 is 6.91. The summed E-state index contributed by atoms with van der Waals surface area (Å²) in [4.78, 5) is 25.9. The van der Waals surface area contributed by atoms with Crippen molar-refractivity contribution >= 4 is 40.6 Å². The first-order valence-corrected chi connectivity index (χ1v) is 7.99. The van der Waals surface area contributed by atoms with E-state index < -0.39 is 0 Å². The van der Waals surface area contributed by atoms with Gasteiger partial charge in [0.05, 0.1) is 17.6 Å². The van der Waals surface area contributed by atoms with Crippen molar-refractivity contribution in [1.82, 2.24) is 4.90 Å². The van der Waals surface area contributed by atoms with E-state index in [4.69, 9.17) is 16.3 Å². The van der Waals surface area contributed by atoms with Crippen LogP contribution < -0.4 is 4.74 Å². The molecule has 1 atom stereocenters. The van der Waals surface area contributed by atoms with E-state index in [9.17, 15) is 9.59 Å². The second kappa shape index (κ2) is 7.03. The van der Waals surface area contributed by atoms with Crippen molar-refractivity contribution < 1.29 is 14.3 Å². The van der Waals surface area contributed by atoms with E-state index in [-0.39, 0.29) is 17.2 Å². The maximum atomic E-state index is 12.4. The molecule has 1 fully saturated rings. The number of hydrogen-bond acceptors (Lipinski definition) is 4. The van der Waals surface area contributed by atoms with E-state index >= 15 is 0 Å². The number of halogens is 1. The molecule has 1 aliphatic heterocycles. The molecule has 116 valence electrons. The number of amides is 2. The lowest BCUT2D eigenvalue weighted by Gasteiger charge is -2.17. The van der Waals surface area contributed by atoms with Crippen LogP contribution in [0.1, 0.15) is 19.4 Å². The van der Waals surface area contributed by atoms with Crippen LogP contribution in [-0.2, 0) is 4.79 Å². The minimum absolute atomic E-state index is 0.302. The highest BCUT2D eigenvalue weighted by molar-refractivity contribution is 8.18. The monoisotopic (exact) mass is 337 g/mol. The Kier molecular flexibility index (Phi) is 5.32. The molecule has 0 unspecified atom stereocenters. The molecular formula is C16H16ClNO3S. The first-order valence-electron chi connectivity index (χ1n) is 6.80. The van der Waals surface area contributed by atoms with E-state index in [2.05, 4.69) is 6.58 Å². The fourth-order valence-electron chi connectivity index (χ4n) is 2.00. The van der Waals surface area contributed by atoms with Crippen LogP contribution >= 0.6 is 23.4 Å². The summed E-state index contributed by atoms with van der Waals surface area (Å²) < 4.78 is 5.52. The largest absolute Gasteiger partial charge is 0.493 e. The standard InChI is InChI=1S/C16H16ClNO3S/c1-4-10(3)18-15(19)14(22-16(18)20)9-11-8-12(17)6-7-13(11)21-5-2/h4,6-10H,1,5H2,2-3H3/b14-9-/t10-/m1/s1. The third-order valence-electron chi connectivity index (χ3n) is 3.13. The first-order chi connectivity index (χ1) is 10.5. The Bertz CT molecular complexity index is 657. The van der Waals surface area contributed by atoms with Crippen LogP contribution in [0.15, 0.2) is 35.8 Å². The Hall–Kier alpha value is -1.72. The van der Waals surface area contributed by atoms with Crippen molar-refractivity contribution in [2.24, 2.45) is 0 Å². The minimum atomic E-state index is -0.343. The molecule has 1 aromatic carbocycles. The number of hydrogen-bond donors (Lipinski definition) is 0. The maximum absolute atomic E-state index is 12.4. The average Bonchev–Trinajstić information content (AvgIpc) is 2.76. The van der Waals surface area contributed by atoms with Gasteiger partial charge in [-0.1, -0.05) is 17.7 Å². The molecule has 0 radical (unpaired) electrons. The summed E-state index contributed by atoms with van der Waals surface area (Å²) in [5.74, 6) is 0.292. The van der Waals surface area contributed by atoms with Crippen molar-refractivity contribution in [3.63, 3.8) is 0 Å². The highest BCUT2D eigenvalue weighted by Crippen LogP contribution is 2.35. The first kappa shape index (κ1) is 16.6. The van der Waals surface area contributed by atoms with Crippen molar-refractivity contribution in [3.05, 3.63) is 46.3 Å². The summed E-state index contributed by atoms with van der Waals surface area (Å²) in [5.41, 5.74) is 0.672. The molecule has 0 spiro atoms. The number of benzene rings is 1. The molecule has 1 aromatic rings. The molecule has 1 saturated heterocycles. The van der Waals surface area contributed by atoms with Crippen LogP contribution in [0.25, 0.3) is 6.08 Å². The van der Waals surface area contributed by atoms with E-state index in [1.165, 1.54) is 4.90 Å². The fraction of sp³-hybridized carbons (Fsp3) is 0.250. The third kappa shape index (κ3) is 3.36. The second-order valence-corrected chi connectivity index (χ2v) is 6.07. The Morgan fingerprint density at radius 1 is 1.45 bits per heavy atom. The molecule has 22 heavy (non-hydrogen) atoms. The lowest BCUT2D eigenvalue weighted by molar-refractivity contribution is -0.123. The summed E-state index contributed by atoms with van der Waals surface area (Å²) in [6.45, 7) is 7.74. The lowest BCUT2D eigenvalue weighted by atomic mass is 10.1. The number of carbonyl (C=O) groups excluding carboxylic acids is 2. The molecule has 6 heteroatoms. The third-order valence-corrected chi connectivity index (χ3v) is 4.25. The van der Waals surface area contributed by atoms with Crippen molar-refractivity contribution in [2.45, 2.75) is 19.9 Å². The van der Waals surface area contributed by atoms with Crippen LogP contribution in [-0.4, -0.2) is 28.7 Å². The van der Waals surface area contributed by atoms with E-state index in [1.54, 1.807) is 37.3 Å². The molecule has 0 saturated carbocycles. The van der Waals surface area contributed by atoms with Gasteiger partial charge in [0, 0.05) is 10.6 Å². The van der Waals surface area contributed by atoms with Crippen LogP contribution in [0.4, 0.5) is 4.79 Å². The summed E-state index contributed by atoms with van der Waals surface area (Å²) in [5, 5.41) is 0.233. The average molecular weight is 338 g/mol. The fourth-order valence-corrected chi connectivity index (χ4v) is 3.08. The van der Waals surface area contributed by atoms with Crippen molar-refractivity contribution in [2.75, 3.05) is 6.61 Å². The van der Waals surface area contributed by atoms with Gasteiger partial charge in [-0.15, -0.1) is 6.58 Å². The topological polar surface area (TPSA) is 46.6 Å². The molecule has 0 aromatic heterocycles. The van der Waals surface area contributed by atoms with E-state index in [0.717, 1.165) is 11.8 Å². The van der Waals surface area contributed by atoms with Gasteiger partial charge in [0.25, 0.3) is 11.1 Å². The highest BCUT2D eigenvalue weighted by Gasteiger charge is 2.37. The van der Waals surface area contributed by atoms with Gasteiger partial charge in [-0.3, -0.25) is 14.5 Å². The number of imide groups is 1. The van der Waals surface area contributed by atoms with Gasteiger partial charge >= 0.3 is 0 Å². The molecular weight excluding hydrogens is 322 g/mol. The van der Waals surface area contributed by atoms with Gasteiger partial charge in [0.1, 0.15) is 5.75 Å².